The number of halogens is 3. The summed E-state index contributed by atoms with van der Waals surface area (Å²) >= 11 is 0. The first-order valence-corrected chi connectivity index (χ1v) is 11.9. The molecular weight excluding hydrogens is 461 g/mol. The Morgan fingerprint density at radius 2 is 1.94 bits per heavy atom. The van der Waals surface area contributed by atoms with Crippen molar-refractivity contribution >= 4 is 17.1 Å². The molecule has 0 radical (unpaired) electrons. The number of nitrogens with zero attached hydrogens (tertiary/aromatic N) is 3. The summed E-state index contributed by atoms with van der Waals surface area (Å²) in [5.41, 5.74) is 2.14. The number of benzene rings is 1. The largest absolute Gasteiger partial charge is 0.435 e. The zero-order chi connectivity index (χ0) is 24.5. The molecule has 3 heterocycles. The van der Waals surface area contributed by atoms with Gasteiger partial charge in [0.2, 0.25) is 0 Å². The Bertz CT molecular complexity index is 1210. The van der Waals surface area contributed by atoms with Crippen molar-refractivity contribution in [2.75, 3.05) is 11.4 Å². The first kappa shape index (κ1) is 23.5. The number of nitrogens with one attached hydrogen (secondary N) is 1. The third-order valence-corrected chi connectivity index (χ3v) is 6.92. The fourth-order valence-electron chi connectivity index (χ4n) is 5.16. The van der Waals surface area contributed by atoms with Crippen LogP contribution in [0, 0.1) is 5.82 Å². The standard InChI is InChI=1S/C25H27F3N4O3/c26-21-8-7-18(35-25(27)28)13-19(21)22-2-1-10-31(22)16-9-11-32-23(12-16)20(14-29-32)24(34)30-15-3-5-17(33)6-4-15/h7-9,11-15,17,22,25,33H,1-6,10H2,(H,30,34)/t15?,17?,22-/m1/s1. The van der Waals surface area contributed by atoms with E-state index in [0.717, 1.165) is 31.0 Å². The van der Waals surface area contributed by atoms with E-state index in [9.17, 15) is 23.1 Å². The summed E-state index contributed by atoms with van der Waals surface area (Å²) in [6, 6.07) is 7.03. The fraction of sp³-hybridized carbons (Fsp3) is 0.440. The predicted molar refractivity (Wildman–Crippen MR) is 123 cm³/mol. The molecule has 7 nitrogen and oxygen atoms in total. The average Bonchev–Trinajstić information content (AvgIpc) is 3.48. The Labute approximate surface area is 200 Å². The second-order valence-electron chi connectivity index (χ2n) is 9.17. The maximum atomic E-state index is 14.7. The Morgan fingerprint density at radius 1 is 1.14 bits per heavy atom. The second-order valence-corrected chi connectivity index (χ2v) is 9.17. The Morgan fingerprint density at radius 3 is 2.71 bits per heavy atom. The minimum Gasteiger partial charge on any atom is -0.435 e. The van der Waals surface area contributed by atoms with Gasteiger partial charge in [0.15, 0.2) is 0 Å². The third kappa shape index (κ3) is 4.93. The molecule has 1 aromatic carbocycles. The molecule has 2 N–H and O–H groups in total. The molecule has 35 heavy (non-hydrogen) atoms. The molecule has 2 aromatic heterocycles. The van der Waals surface area contributed by atoms with Crippen LogP contribution in [0.2, 0.25) is 0 Å². The van der Waals surface area contributed by atoms with E-state index in [1.165, 1.54) is 18.3 Å². The Hall–Kier alpha value is -3.27. The number of carbonyl (C=O) groups is 1. The molecule has 1 aliphatic heterocycles. The molecule has 1 saturated heterocycles. The molecule has 3 aromatic rings. The highest BCUT2D eigenvalue weighted by atomic mass is 19.3. The lowest BCUT2D eigenvalue weighted by Gasteiger charge is -2.28. The van der Waals surface area contributed by atoms with Crippen LogP contribution >= 0.6 is 0 Å². The molecule has 0 spiro atoms. The fourth-order valence-corrected chi connectivity index (χ4v) is 5.16. The smallest absolute Gasteiger partial charge is 0.387 e. The number of hydrogen-bond acceptors (Lipinski definition) is 5. The van der Waals surface area contributed by atoms with Gasteiger partial charge in [-0.05, 0) is 68.9 Å². The van der Waals surface area contributed by atoms with E-state index in [2.05, 4.69) is 15.2 Å². The van der Waals surface area contributed by atoms with Gasteiger partial charge >= 0.3 is 6.61 Å². The number of rotatable bonds is 6. The van der Waals surface area contributed by atoms with Crippen molar-refractivity contribution in [1.29, 1.82) is 0 Å². The van der Waals surface area contributed by atoms with E-state index in [0.29, 0.717) is 42.5 Å². The number of fused-ring (bicyclic) bond motifs is 1. The maximum absolute atomic E-state index is 14.7. The van der Waals surface area contributed by atoms with E-state index >= 15 is 0 Å². The van der Waals surface area contributed by atoms with E-state index < -0.39 is 12.4 Å². The second kappa shape index (κ2) is 9.77. The van der Waals surface area contributed by atoms with Crippen molar-refractivity contribution in [2.45, 2.75) is 63.3 Å². The predicted octanol–water partition coefficient (Wildman–Crippen LogP) is 4.45. The molecule has 2 aliphatic rings. The van der Waals surface area contributed by atoms with Crippen molar-refractivity contribution in [1.82, 2.24) is 14.9 Å². The molecule has 2 fully saturated rings. The van der Waals surface area contributed by atoms with Crippen molar-refractivity contribution in [2.24, 2.45) is 0 Å². The van der Waals surface area contributed by atoms with Crippen LogP contribution in [0.25, 0.3) is 5.52 Å². The van der Waals surface area contributed by atoms with Gasteiger partial charge in [0.25, 0.3) is 5.91 Å². The van der Waals surface area contributed by atoms with Crippen LogP contribution in [0.15, 0.2) is 42.7 Å². The van der Waals surface area contributed by atoms with Crippen molar-refractivity contribution in [3.8, 4) is 5.75 Å². The Kier molecular flexibility index (Phi) is 6.55. The quantitative estimate of drug-likeness (QED) is 0.536. The lowest BCUT2D eigenvalue weighted by molar-refractivity contribution is -0.0499. The zero-order valence-electron chi connectivity index (χ0n) is 19.0. The number of alkyl halides is 2. The number of aliphatic hydroxyl groups is 1. The average molecular weight is 489 g/mol. The molecule has 1 saturated carbocycles. The highest BCUT2D eigenvalue weighted by molar-refractivity contribution is 6.01. The van der Waals surface area contributed by atoms with E-state index in [-0.39, 0.29) is 29.8 Å². The highest BCUT2D eigenvalue weighted by Crippen LogP contribution is 2.39. The molecule has 0 unspecified atom stereocenters. The van der Waals surface area contributed by atoms with Crippen LogP contribution in [0.3, 0.4) is 0 Å². The molecule has 1 atom stereocenters. The van der Waals surface area contributed by atoms with Crippen LogP contribution in [0.4, 0.5) is 18.9 Å². The first-order chi connectivity index (χ1) is 16.9. The summed E-state index contributed by atoms with van der Waals surface area (Å²) < 4.78 is 46.2. The van der Waals surface area contributed by atoms with Crippen LogP contribution < -0.4 is 15.0 Å². The van der Waals surface area contributed by atoms with Gasteiger partial charge in [-0.15, -0.1) is 0 Å². The van der Waals surface area contributed by atoms with Crippen molar-refractivity contribution in [3.05, 3.63) is 59.7 Å². The highest BCUT2D eigenvalue weighted by Gasteiger charge is 2.30. The van der Waals surface area contributed by atoms with E-state index in [4.69, 9.17) is 0 Å². The van der Waals surface area contributed by atoms with Crippen LogP contribution in [-0.2, 0) is 0 Å². The number of amides is 1. The van der Waals surface area contributed by atoms with Gasteiger partial charge < -0.3 is 20.1 Å². The molecular formula is C25H27F3N4O3. The number of ether oxygens (including phenoxy) is 1. The van der Waals surface area contributed by atoms with Gasteiger partial charge in [-0.25, -0.2) is 8.91 Å². The molecule has 1 aliphatic carbocycles. The Balaban J connectivity index is 1.40. The summed E-state index contributed by atoms with van der Waals surface area (Å²) in [7, 11) is 0. The molecule has 186 valence electrons. The van der Waals surface area contributed by atoms with Gasteiger partial charge in [0, 0.05) is 30.0 Å². The summed E-state index contributed by atoms with van der Waals surface area (Å²) in [6.07, 6.45) is 7.22. The number of carbonyl (C=O) groups excluding carboxylic acids is 1. The SMILES string of the molecule is O=C(NC1CCC(O)CC1)c1cnn2ccc(N3CCC[C@@H]3c3cc(OC(F)F)ccc3F)cc12. The number of anilines is 1. The monoisotopic (exact) mass is 488 g/mol. The van der Waals surface area contributed by atoms with E-state index in [1.54, 1.807) is 10.7 Å². The topological polar surface area (TPSA) is 79.1 Å². The molecule has 1 amide bonds. The van der Waals surface area contributed by atoms with Crippen molar-refractivity contribution < 1.29 is 27.8 Å². The van der Waals surface area contributed by atoms with Crippen LogP contribution in [0.5, 0.6) is 5.75 Å². The summed E-state index contributed by atoms with van der Waals surface area (Å²) in [4.78, 5) is 15.0. The number of pyridine rings is 1. The normalized spacial score (nSPS) is 22.7. The molecule has 0 bridgehead atoms. The minimum atomic E-state index is -2.99. The molecule has 5 rings (SSSR count). The number of aliphatic hydroxyl groups excluding tert-OH is 1. The lowest BCUT2D eigenvalue weighted by Crippen LogP contribution is -2.38. The first-order valence-electron chi connectivity index (χ1n) is 11.9. The molecule has 10 heteroatoms. The maximum Gasteiger partial charge on any atom is 0.387 e. The summed E-state index contributed by atoms with van der Waals surface area (Å²) in [5, 5.41) is 17.0. The van der Waals surface area contributed by atoms with Crippen LogP contribution in [-0.4, -0.2) is 45.9 Å². The van der Waals surface area contributed by atoms with E-state index in [1.807, 2.05) is 17.0 Å². The number of hydrogen-bond donors (Lipinski definition) is 2. The van der Waals surface area contributed by atoms with Gasteiger partial charge in [-0.1, -0.05) is 0 Å². The summed E-state index contributed by atoms with van der Waals surface area (Å²) in [5.74, 6) is -0.783. The summed E-state index contributed by atoms with van der Waals surface area (Å²) in [6.45, 7) is -2.33. The van der Waals surface area contributed by atoms with Gasteiger partial charge in [0.1, 0.15) is 11.6 Å². The van der Waals surface area contributed by atoms with Crippen LogP contribution in [0.1, 0.15) is 60.5 Å². The third-order valence-electron chi connectivity index (χ3n) is 6.92. The van der Waals surface area contributed by atoms with Gasteiger partial charge in [-0.2, -0.15) is 13.9 Å². The van der Waals surface area contributed by atoms with Gasteiger partial charge in [-0.3, -0.25) is 4.79 Å². The number of aromatic nitrogens is 2. The zero-order valence-corrected chi connectivity index (χ0v) is 19.0. The van der Waals surface area contributed by atoms with Gasteiger partial charge in [0.05, 0.1) is 29.4 Å². The van der Waals surface area contributed by atoms with Crippen molar-refractivity contribution in [3.63, 3.8) is 0 Å². The lowest BCUT2D eigenvalue weighted by atomic mass is 9.93. The minimum absolute atomic E-state index is 0.0118.